The Labute approximate surface area is 179 Å². The van der Waals surface area contributed by atoms with Crippen LogP contribution in [0.15, 0.2) is 80.8 Å². The van der Waals surface area contributed by atoms with Crippen molar-refractivity contribution in [3.63, 3.8) is 0 Å². The van der Waals surface area contributed by atoms with Crippen molar-refractivity contribution < 1.29 is 9.13 Å². The molecule has 0 aromatic heterocycles. The van der Waals surface area contributed by atoms with Gasteiger partial charge in [0.2, 0.25) is 6.23 Å². The van der Waals surface area contributed by atoms with E-state index in [1.54, 1.807) is 12.1 Å². The van der Waals surface area contributed by atoms with Crippen LogP contribution in [0.3, 0.4) is 0 Å². The van der Waals surface area contributed by atoms with Crippen molar-refractivity contribution in [2.24, 2.45) is 5.10 Å². The van der Waals surface area contributed by atoms with Gasteiger partial charge in [0, 0.05) is 26.5 Å². The summed E-state index contributed by atoms with van der Waals surface area (Å²) in [7, 11) is 0. The van der Waals surface area contributed by atoms with Gasteiger partial charge in [0.1, 0.15) is 11.6 Å². The van der Waals surface area contributed by atoms with Gasteiger partial charge in [-0.2, -0.15) is 5.10 Å². The van der Waals surface area contributed by atoms with Crippen molar-refractivity contribution >= 4 is 37.6 Å². The molecule has 3 aromatic carbocycles. The summed E-state index contributed by atoms with van der Waals surface area (Å²) in [5.41, 5.74) is 4.00. The Morgan fingerprint density at radius 1 is 0.929 bits per heavy atom. The Hall–Kier alpha value is -2.18. The fraction of sp³-hybridized carbons (Fsp3) is 0.136. The third kappa shape index (κ3) is 3.14. The SMILES string of the molecule is Fc1ccc(C2=NN3[C@@H](c4ccc(Br)cc4)Oc4ccc(Br)cc4[C@@H]3C2)cc1. The number of benzene rings is 3. The van der Waals surface area contributed by atoms with E-state index >= 15 is 0 Å². The summed E-state index contributed by atoms with van der Waals surface area (Å²) in [4.78, 5) is 0. The first-order chi connectivity index (χ1) is 13.6. The Morgan fingerprint density at radius 3 is 2.39 bits per heavy atom. The van der Waals surface area contributed by atoms with Crippen LogP contribution in [0.5, 0.6) is 5.75 Å². The number of halogens is 3. The van der Waals surface area contributed by atoms with Crippen molar-refractivity contribution in [3.05, 3.63) is 98.2 Å². The molecule has 5 rings (SSSR count). The summed E-state index contributed by atoms with van der Waals surface area (Å²) < 4.78 is 21.7. The van der Waals surface area contributed by atoms with Crippen LogP contribution in [0.25, 0.3) is 0 Å². The minimum atomic E-state index is -0.315. The van der Waals surface area contributed by atoms with Gasteiger partial charge in [0.25, 0.3) is 0 Å². The van der Waals surface area contributed by atoms with E-state index in [0.29, 0.717) is 0 Å². The second kappa shape index (κ2) is 7.01. The van der Waals surface area contributed by atoms with Crippen LogP contribution in [0.1, 0.15) is 35.4 Å². The molecule has 2 heterocycles. The second-order valence-corrected chi connectivity index (χ2v) is 8.69. The molecule has 2 aliphatic heterocycles. The predicted molar refractivity (Wildman–Crippen MR) is 114 cm³/mol. The van der Waals surface area contributed by atoms with Crippen LogP contribution in [0.2, 0.25) is 0 Å². The van der Waals surface area contributed by atoms with Crippen molar-refractivity contribution in [1.82, 2.24) is 5.01 Å². The lowest BCUT2D eigenvalue weighted by Gasteiger charge is -2.38. The first-order valence-corrected chi connectivity index (χ1v) is 10.5. The van der Waals surface area contributed by atoms with E-state index in [2.05, 4.69) is 37.9 Å². The Bertz CT molecular complexity index is 1070. The fourth-order valence-corrected chi connectivity index (χ4v) is 4.37. The molecule has 0 unspecified atom stereocenters. The van der Waals surface area contributed by atoms with Gasteiger partial charge in [0.15, 0.2) is 0 Å². The summed E-state index contributed by atoms with van der Waals surface area (Å²) in [6.45, 7) is 0. The lowest BCUT2D eigenvalue weighted by atomic mass is 9.96. The van der Waals surface area contributed by atoms with Gasteiger partial charge in [0.05, 0.1) is 11.8 Å². The maximum absolute atomic E-state index is 13.3. The lowest BCUT2D eigenvalue weighted by Crippen LogP contribution is -2.33. The van der Waals surface area contributed by atoms with Crippen molar-refractivity contribution in [3.8, 4) is 5.75 Å². The highest BCUT2D eigenvalue weighted by atomic mass is 79.9. The molecular weight excluding hydrogens is 487 g/mol. The van der Waals surface area contributed by atoms with Crippen molar-refractivity contribution in [2.45, 2.75) is 18.7 Å². The number of hydrazone groups is 1. The van der Waals surface area contributed by atoms with Gasteiger partial charge in [-0.25, -0.2) is 9.40 Å². The first-order valence-electron chi connectivity index (χ1n) is 8.92. The van der Waals surface area contributed by atoms with Crippen LogP contribution in [-0.4, -0.2) is 10.7 Å². The van der Waals surface area contributed by atoms with E-state index in [9.17, 15) is 4.39 Å². The average molecular weight is 502 g/mol. The van der Waals surface area contributed by atoms with Crippen molar-refractivity contribution in [2.75, 3.05) is 0 Å². The number of rotatable bonds is 2. The Kier molecular flexibility index (Phi) is 4.48. The zero-order valence-corrected chi connectivity index (χ0v) is 17.8. The highest BCUT2D eigenvalue weighted by molar-refractivity contribution is 9.10. The van der Waals surface area contributed by atoms with Gasteiger partial charge in [-0.15, -0.1) is 0 Å². The van der Waals surface area contributed by atoms with Crippen LogP contribution < -0.4 is 4.74 Å². The summed E-state index contributed by atoms with van der Waals surface area (Å²) >= 11 is 7.05. The summed E-state index contributed by atoms with van der Waals surface area (Å²) in [6, 6.07) is 20.8. The van der Waals surface area contributed by atoms with Gasteiger partial charge in [-0.3, -0.25) is 0 Å². The molecule has 0 aliphatic carbocycles. The van der Waals surface area contributed by atoms with E-state index in [1.807, 2.05) is 41.4 Å². The molecule has 0 N–H and O–H groups in total. The first kappa shape index (κ1) is 17.9. The highest BCUT2D eigenvalue weighted by Crippen LogP contribution is 2.48. The molecule has 0 bridgehead atoms. The second-order valence-electron chi connectivity index (χ2n) is 6.86. The minimum Gasteiger partial charge on any atom is -0.464 e. The maximum Gasteiger partial charge on any atom is 0.213 e. The van der Waals surface area contributed by atoms with E-state index in [4.69, 9.17) is 9.84 Å². The van der Waals surface area contributed by atoms with E-state index in [0.717, 1.165) is 43.5 Å². The number of fused-ring (bicyclic) bond motifs is 3. The van der Waals surface area contributed by atoms with Crippen LogP contribution in [-0.2, 0) is 0 Å². The molecule has 3 aromatic rings. The number of ether oxygens (including phenoxy) is 1. The minimum absolute atomic E-state index is 0.0648. The molecule has 0 saturated heterocycles. The maximum atomic E-state index is 13.3. The topological polar surface area (TPSA) is 24.8 Å². The Morgan fingerprint density at radius 2 is 1.64 bits per heavy atom. The molecule has 140 valence electrons. The van der Waals surface area contributed by atoms with E-state index < -0.39 is 0 Å². The molecule has 0 amide bonds. The van der Waals surface area contributed by atoms with Gasteiger partial charge < -0.3 is 4.74 Å². The highest BCUT2D eigenvalue weighted by Gasteiger charge is 2.41. The summed E-state index contributed by atoms with van der Waals surface area (Å²) in [5, 5.41) is 6.92. The van der Waals surface area contributed by atoms with Gasteiger partial charge >= 0.3 is 0 Å². The van der Waals surface area contributed by atoms with Gasteiger partial charge in [-0.05, 0) is 48.0 Å². The van der Waals surface area contributed by atoms with E-state index in [-0.39, 0.29) is 18.1 Å². The van der Waals surface area contributed by atoms with Crippen LogP contribution >= 0.6 is 31.9 Å². The molecule has 2 atom stereocenters. The van der Waals surface area contributed by atoms with Crippen LogP contribution in [0.4, 0.5) is 4.39 Å². The third-order valence-electron chi connectivity index (χ3n) is 5.08. The van der Waals surface area contributed by atoms with E-state index in [1.165, 1.54) is 12.1 Å². The number of nitrogens with zero attached hydrogens (tertiary/aromatic N) is 2. The number of hydrogen-bond acceptors (Lipinski definition) is 3. The normalized spacial score (nSPS) is 20.2. The molecular formula is C22H15Br2FN2O. The molecule has 3 nitrogen and oxygen atoms in total. The molecule has 2 aliphatic rings. The number of hydrogen-bond donors (Lipinski definition) is 0. The lowest BCUT2D eigenvalue weighted by molar-refractivity contribution is -0.0190. The smallest absolute Gasteiger partial charge is 0.213 e. The summed E-state index contributed by atoms with van der Waals surface area (Å²) in [6.07, 6.45) is 0.426. The summed E-state index contributed by atoms with van der Waals surface area (Å²) in [5.74, 6) is 0.623. The predicted octanol–water partition coefficient (Wildman–Crippen LogP) is 6.59. The third-order valence-corrected chi connectivity index (χ3v) is 6.11. The molecule has 0 spiro atoms. The monoisotopic (exact) mass is 500 g/mol. The molecule has 6 heteroatoms. The van der Waals surface area contributed by atoms with Crippen LogP contribution in [0, 0.1) is 5.82 Å². The molecule has 28 heavy (non-hydrogen) atoms. The Balaban J connectivity index is 1.59. The fourth-order valence-electron chi connectivity index (χ4n) is 3.72. The average Bonchev–Trinajstić information content (AvgIpc) is 3.14. The zero-order chi connectivity index (χ0) is 19.3. The molecule has 0 radical (unpaired) electrons. The zero-order valence-electron chi connectivity index (χ0n) is 14.6. The molecule has 0 saturated carbocycles. The standard InChI is InChI=1S/C22H15Br2FN2O/c23-15-5-1-14(2-6-15)22-27-20(18-11-16(24)7-10-21(18)28-22)12-19(26-27)13-3-8-17(25)9-4-13/h1-11,20,22H,12H2/t20-,22+/m0/s1. The molecule has 0 fully saturated rings. The van der Waals surface area contributed by atoms with Crippen molar-refractivity contribution in [1.29, 1.82) is 0 Å². The largest absolute Gasteiger partial charge is 0.464 e. The quantitative estimate of drug-likeness (QED) is 0.395. The van der Waals surface area contributed by atoms with Gasteiger partial charge in [-0.1, -0.05) is 56.1 Å².